The fourth-order valence-corrected chi connectivity index (χ4v) is 4.79. The van der Waals surface area contributed by atoms with Crippen LogP contribution in [0.4, 0.5) is 0 Å². The number of carbonyl (C=O) groups is 1. The lowest BCUT2D eigenvalue weighted by atomic mass is 10.1. The molecule has 0 radical (unpaired) electrons. The molecule has 160 valence electrons. The van der Waals surface area contributed by atoms with Crippen molar-refractivity contribution in [3.05, 3.63) is 94.5 Å². The largest absolute Gasteiger partial charge is 0.464 e. The van der Waals surface area contributed by atoms with Crippen LogP contribution in [0.5, 0.6) is 0 Å². The molecule has 3 heterocycles. The average Bonchev–Trinajstić information content (AvgIpc) is 3.53. The highest BCUT2D eigenvalue weighted by Crippen LogP contribution is 2.35. The topological polar surface area (TPSA) is 49.0 Å². The number of methoxy groups -OCH3 is 1. The van der Waals surface area contributed by atoms with Crippen molar-refractivity contribution < 1.29 is 9.53 Å². The quantitative estimate of drug-likeness (QED) is 0.314. The zero-order valence-electron chi connectivity index (χ0n) is 18.2. The van der Waals surface area contributed by atoms with Gasteiger partial charge in [0.15, 0.2) is 0 Å². The van der Waals surface area contributed by atoms with Gasteiger partial charge in [-0.25, -0.2) is 9.48 Å². The Hall–Kier alpha value is -3.64. The van der Waals surface area contributed by atoms with Gasteiger partial charge in [0.2, 0.25) is 0 Å². The highest BCUT2D eigenvalue weighted by atomic mass is 32.1. The summed E-state index contributed by atoms with van der Waals surface area (Å²) in [6.45, 7) is 4.72. The van der Waals surface area contributed by atoms with Gasteiger partial charge in [0.05, 0.1) is 24.2 Å². The van der Waals surface area contributed by atoms with Gasteiger partial charge in [0.1, 0.15) is 17.0 Å². The van der Waals surface area contributed by atoms with Gasteiger partial charge in [-0.3, -0.25) is 0 Å². The minimum Gasteiger partial charge on any atom is -0.464 e. The Bertz CT molecular complexity index is 1410. The number of fused-ring (bicyclic) bond motifs is 1. The van der Waals surface area contributed by atoms with Crippen molar-refractivity contribution in [2.45, 2.75) is 20.4 Å². The Balaban J connectivity index is 1.82. The zero-order valence-corrected chi connectivity index (χ0v) is 19.0. The molecule has 32 heavy (non-hydrogen) atoms. The summed E-state index contributed by atoms with van der Waals surface area (Å²) in [6.07, 6.45) is 0. The van der Waals surface area contributed by atoms with E-state index in [1.54, 1.807) is 11.3 Å². The number of esters is 1. The Kier molecular flexibility index (Phi) is 5.15. The molecule has 0 aliphatic rings. The SMILES string of the molecule is COC(=O)c1cc2c(-c3cccs3)nn(-c3ccccc3)c2n1Cc1cc(C)ccc1C. The van der Waals surface area contributed by atoms with E-state index in [1.165, 1.54) is 18.2 Å². The predicted molar refractivity (Wildman–Crippen MR) is 129 cm³/mol. The first kappa shape index (κ1) is 20.3. The van der Waals surface area contributed by atoms with Gasteiger partial charge < -0.3 is 9.30 Å². The smallest absolute Gasteiger partial charge is 0.354 e. The van der Waals surface area contributed by atoms with Crippen LogP contribution in [0.25, 0.3) is 27.3 Å². The number of benzene rings is 2. The van der Waals surface area contributed by atoms with Gasteiger partial charge in [0.25, 0.3) is 0 Å². The summed E-state index contributed by atoms with van der Waals surface area (Å²) >= 11 is 1.64. The van der Waals surface area contributed by atoms with Gasteiger partial charge in [-0.1, -0.05) is 48.0 Å². The molecule has 0 aliphatic carbocycles. The van der Waals surface area contributed by atoms with Crippen LogP contribution < -0.4 is 0 Å². The molecule has 0 saturated heterocycles. The molecule has 0 unspecified atom stereocenters. The molecule has 2 aromatic carbocycles. The third kappa shape index (κ3) is 3.42. The number of aryl methyl sites for hydroxylation is 2. The second-order valence-corrected chi connectivity index (χ2v) is 8.80. The molecular weight excluding hydrogens is 418 g/mol. The molecule has 0 fully saturated rings. The Morgan fingerprint density at radius 2 is 1.84 bits per heavy atom. The maximum atomic E-state index is 12.8. The molecule has 0 N–H and O–H groups in total. The van der Waals surface area contributed by atoms with Crippen LogP contribution in [0, 0.1) is 13.8 Å². The first-order valence-corrected chi connectivity index (χ1v) is 11.3. The van der Waals surface area contributed by atoms with E-state index < -0.39 is 0 Å². The predicted octanol–water partition coefficient (Wildman–Crippen LogP) is 6.01. The van der Waals surface area contributed by atoms with Crippen LogP contribution in [0.2, 0.25) is 0 Å². The fraction of sp³-hybridized carbons (Fsp3) is 0.154. The molecule has 5 aromatic rings. The lowest BCUT2D eigenvalue weighted by Crippen LogP contribution is -2.14. The molecule has 5 rings (SSSR count). The second-order valence-electron chi connectivity index (χ2n) is 7.85. The lowest BCUT2D eigenvalue weighted by Gasteiger charge is -2.14. The Morgan fingerprint density at radius 1 is 1.03 bits per heavy atom. The normalized spacial score (nSPS) is 11.2. The van der Waals surface area contributed by atoms with Crippen LogP contribution >= 0.6 is 11.3 Å². The van der Waals surface area contributed by atoms with Crippen molar-refractivity contribution in [2.75, 3.05) is 7.11 Å². The number of para-hydroxylation sites is 1. The van der Waals surface area contributed by atoms with Crippen molar-refractivity contribution in [1.29, 1.82) is 0 Å². The Morgan fingerprint density at radius 3 is 2.56 bits per heavy atom. The van der Waals surface area contributed by atoms with Gasteiger partial charge >= 0.3 is 5.97 Å². The summed E-state index contributed by atoms with van der Waals surface area (Å²) in [7, 11) is 1.42. The number of hydrogen-bond acceptors (Lipinski definition) is 4. The minimum atomic E-state index is -0.358. The van der Waals surface area contributed by atoms with Crippen LogP contribution in [0.3, 0.4) is 0 Å². The third-order valence-corrected chi connectivity index (χ3v) is 6.58. The van der Waals surface area contributed by atoms with E-state index in [1.807, 2.05) is 57.1 Å². The van der Waals surface area contributed by atoms with Crippen LogP contribution in [0.15, 0.2) is 72.1 Å². The summed E-state index contributed by atoms with van der Waals surface area (Å²) in [4.78, 5) is 13.9. The van der Waals surface area contributed by atoms with E-state index in [0.717, 1.165) is 32.9 Å². The van der Waals surface area contributed by atoms with E-state index in [0.29, 0.717) is 12.2 Å². The van der Waals surface area contributed by atoms with Crippen molar-refractivity contribution in [2.24, 2.45) is 0 Å². The number of carbonyl (C=O) groups excluding carboxylic acids is 1. The third-order valence-electron chi connectivity index (χ3n) is 5.71. The monoisotopic (exact) mass is 441 g/mol. The molecule has 0 spiro atoms. The first-order valence-electron chi connectivity index (χ1n) is 10.4. The van der Waals surface area contributed by atoms with Gasteiger partial charge in [0, 0.05) is 5.39 Å². The highest BCUT2D eigenvalue weighted by molar-refractivity contribution is 7.13. The maximum Gasteiger partial charge on any atom is 0.354 e. The number of rotatable bonds is 5. The van der Waals surface area contributed by atoms with E-state index in [9.17, 15) is 4.79 Å². The summed E-state index contributed by atoms with van der Waals surface area (Å²) in [5, 5.41) is 7.96. The lowest BCUT2D eigenvalue weighted by molar-refractivity contribution is 0.0589. The number of aromatic nitrogens is 3. The van der Waals surface area contributed by atoms with Crippen LogP contribution in [-0.2, 0) is 11.3 Å². The van der Waals surface area contributed by atoms with E-state index in [-0.39, 0.29) is 5.97 Å². The molecule has 0 aliphatic heterocycles. The number of ether oxygens (including phenoxy) is 1. The highest BCUT2D eigenvalue weighted by Gasteiger charge is 2.25. The number of hydrogen-bond donors (Lipinski definition) is 0. The average molecular weight is 442 g/mol. The summed E-state index contributed by atoms with van der Waals surface area (Å²) in [6, 6.07) is 22.4. The van der Waals surface area contributed by atoms with Gasteiger partial charge in [-0.2, -0.15) is 5.10 Å². The van der Waals surface area contributed by atoms with Crippen molar-refractivity contribution >= 4 is 28.3 Å². The zero-order chi connectivity index (χ0) is 22.2. The number of nitrogens with zero attached hydrogens (tertiary/aromatic N) is 3. The van der Waals surface area contributed by atoms with Crippen molar-refractivity contribution in [3.63, 3.8) is 0 Å². The molecule has 0 atom stereocenters. The molecule has 0 amide bonds. The standard InChI is InChI=1S/C26H23N3O2S/c1-17-11-12-18(2)19(14-17)16-28-22(26(30)31-3)15-21-24(23-10-7-13-32-23)27-29(25(21)28)20-8-5-4-6-9-20/h4-15H,16H2,1-3H3. The molecule has 3 aromatic heterocycles. The molecule has 0 bridgehead atoms. The fourth-order valence-electron chi connectivity index (χ4n) is 4.06. The van der Waals surface area contributed by atoms with Gasteiger partial charge in [-0.15, -0.1) is 11.3 Å². The van der Waals surface area contributed by atoms with Crippen LogP contribution in [-0.4, -0.2) is 27.4 Å². The first-order chi connectivity index (χ1) is 15.6. The molecular formula is C26H23N3O2S. The second kappa shape index (κ2) is 8.13. The summed E-state index contributed by atoms with van der Waals surface area (Å²) in [5.41, 5.74) is 6.72. The van der Waals surface area contributed by atoms with Crippen molar-refractivity contribution in [1.82, 2.24) is 14.3 Å². The van der Waals surface area contributed by atoms with Crippen molar-refractivity contribution in [3.8, 4) is 16.3 Å². The Labute approximate surface area is 190 Å². The molecule has 6 heteroatoms. The van der Waals surface area contributed by atoms with Crippen LogP contribution in [0.1, 0.15) is 27.2 Å². The number of thiophene rings is 1. The maximum absolute atomic E-state index is 12.8. The van der Waals surface area contributed by atoms with E-state index >= 15 is 0 Å². The van der Waals surface area contributed by atoms with Gasteiger partial charge in [-0.05, 0) is 54.6 Å². The minimum absolute atomic E-state index is 0.358. The summed E-state index contributed by atoms with van der Waals surface area (Å²) in [5.74, 6) is -0.358. The van der Waals surface area contributed by atoms with E-state index in [2.05, 4.69) is 38.1 Å². The summed E-state index contributed by atoms with van der Waals surface area (Å²) < 4.78 is 9.12. The molecule has 5 nitrogen and oxygen atoms in total. The molecule has 0 saturated carbocycles. The van der Waals surface area contributed by atoms with E-state index in [4.69, 9.17) is 9.84 Å².